The van der Waals surface area contributed by atoms with Crippen LogP contribution in [0.25, 0.3) is 0 Å². The van der Waals surface area contributed by atoms with Crippen LogP contribution in [0.2, 0.25) is 0 Å². The molecule has 0 saturated carbocycles. The van der Waals surface area contributed by atoms with E-state index in [-0.39, 0.29) is 11.7 Å². The topological polar surface area (TPSA) is 46.6 Å². The van der Waals surface area contributed by atoms with Gasteiger partial charge in [0.2, 0.25) is 10.0 Å². The molecule has 1 aromatic carbocycles. The van der Waals surface area contributed by atoms with Crippen LogP contribution in [0.5, 0.6) is 0 Å². The average Bonchev–Trinajstić information content (AvgIpc) is 2.39. The van der Waals surface area contributed by atoms with Crippen molar-refractivity contribution in [2.45, 2.75) is 18.1 Å². The van der Waals surface area contributed by atoms with Gasteiger partial charge < -0.3 is 4.74 Å². The van der Waals surface area contributed by atoms with Crippen molar-refractivity contribution in [3.8, 4) is 0 Å². The van der Waals surface area contributed by atoms with Crippen molar-refractivity contribution in [2.75, 3.05) is 27.3 Å². The van der Waals surface area contributed by atoms with Gasteiger partial charge in [0.05, 0.1) is 11.9 Å². The largest absolute Gasteiger partial charge is 0.381 e. The zero-order chi connectivity index (χ0) is 14.8. The minimum Gasteiger partial charge on any atom is -0.381 e. The van der Waals surface area contributed by atoms with Gasteiger partial charge in [0.25, 0.3) is 0 Å². The third-order valence-corrected chi connectivity index (χ3v) is 6.09. The smallest absolute Gasteiger partial charge is 0.216 e. The minimum absolute atomic E-state index is 0.141. The highest BCUT2D eigenvalue weighted by Gasteiger charge is 2.37. The van der Waals surface area contributed by atoms with Crippen LogP contribution in [0.3, 0.4) is 0 Å². The Morgan fingerprint density at radius 1 is 1.40 bits per heavy atom. The number of hydrogen-bond acceptors (Lipinski definition) is 3. The molecule has 0 spiro atoms. The van der Waals surface area contributed by atoms with Crippen molar-refractivity contribution in [2.24, 2.45) is 5.92 Å². The summed E-state index contributed by atoms with van der Waals surface area (Å²) < 4.78 is 44.6. The summed E-state index contributed by atoms with van der Waals surface area (Å²) in [5.74, 6) is -0.441. The number of benzene rings is 1. The molecule has 1 aromatic rings. The van der Waals surface area contributed by atoms with Crippen molar-refractivity contribution < 1.29 is 17.5 Å². The van der Waals surface area contributed by atoms with E-state index in [2.05, 4.69) is 0 Å². The standard InChI is InChI=1S/C14H20FNO3S/c1-16(2)20(17,18)14-6-7-19-10-12(14)8-11-4-3-5-13(15)9-11/h3-5,9,12,14H,6-8,10H2,1-2H3. The molecule has 4 nitrogen and oxygen atoms in total. The number of rotatable bonds is 4. The van der Waals surface area contributed by atoms with Gasteiger partial charge in [-0.2, -0.15) is 0 Å². The summed E-state index contributed by atoms with van der Waals surface area (Å²) in [6, 6.07) is 6.30. The van der Waals surface area contributed by atoms with E-state index >= 15 is 0 Å². The summed E-state index contributed by atoms with van der Waals surface area (Å²) in [4.78, 5) is 0. The first-order chi connectivity index (χ1) is 9.41. The van der Waals surface area contributed by atoms with E-state index in [0.717, 1.165) is 5.56 Å². The first-order valence-corrected chi connectivity index (χ1v) is 8.15. The Hall–Kier alpha value is -0.980. The SMILES string of the molecule is CN(C)S(=O)(=O)C1CCOCC1Cc1cccc(F)c1. The highest BCUT2D eigenvalue weighted by molar-refractivity contribution is 7.89. The van der Waals surface area contributed by atoms with Crippen molar-refractivity contribution in [3.63, 3.8) is 0 Å². The van der Waals surface area contributed by atoms with Gasteiger partial charge in [-0.15, -0.1) is 0 Å². The second-order valence-electron chi connectivity index (χ2n) is 5.32. The predicted molar refractivity (Wildman–Crippen MR) is 75.4 cm³/mol. The Morgan fingerprint density at radius 2 is 2.15 bits per heavy atom. The van der Waals surface area contributed by atoms with Crippen LogP contribution in [-0.4, -0.2) is 45.3 Å². The Morgan fingerprint density at radius 3 is 2.80 bits per heavy atom. The minimum atomic E-state index is -3.32. The van der Waals surface area contributed by atoms with Gasteiger partial charge >= 0.3 is 0 Å². The maximum Gasteiger partial charge on any atom is 0.216 e. The Kier molecular flexibility index (Phi) is 4.78. The van der Waals surface area contributed by atoms with Gasteiger partial charge in [0.1, 0.15) is 5.82 Å². The lowest BCUT2D eigenvalue weighted by Gasteiger charge is -2.33. The molecule has 1 fully saturated rings. The van der Waals surface area contributed by atoms with E-state index in [0.29, 0.717) is 26.1 Å². The Bertz CT molecular complexity index is 559. The van der Waals surface area contributed by atoms with Gasteiger partial charge in [0.15, 0.2) is 0 Å². The van der Waals surface area contributed by atoms with Crippen LogP contribution < -0.4 is 0 Å². The predicted octanol–water partition coefficient (Wildman–Crippen LogP) is 1.66. The second-order valence-corrected chi connectivity index (χ2v) is 7.69. The highest BCUT2D eigenvalue weighted by atomic mass is 32.2. The van der Waals surface area contributed by atoms with Crippen molar-refractivity contribution >= 4 is 10.0 Å². The zero-order valence-corrected chi connectivity index (χ0v) is 12.6. The quantitative estimate of drug-likeness (QED) is 0.850. The molecular weight excluding hydrogens is 281 g/mol. The number of sulfonamides is 1. The monoisotopic (exact) mass is 301 g/mol. The molecule has 0 aromatic heterocycles. The molecule has 1 aliphatic rings. The zero-order valence-electron chi connectivity index (χ0n) is 11.8. The third-order valence-electron chi connectivity index (χ3n) is 3.68. The fraction of sp³-hybridized carbons (Fsp3) is 0.571. The lowest BCUT2D eigenvalue weighted by molar-refractivity contribution is 0.0563. The van der Waals surface area contributed by atoms with Crippen molar-refractivity contribution in [1.82, 2.24) is 4.31 Å². The maximum absolute atomic E-state index is 13.2. The van der Waals surface area contributed by atoms with Gasteiger partial charge in [-0.3, -0.25) is 0 Å². The fourth-order valence-electron chi connectivity index (χ4n) is 2.60. The third kappa shape index (κ3) is 3.37. The lowest BCUT2D eigenvalue weighted by Crippen LogP contribution is -2.44. The normalized spacial score (nSPS) is 24.0. The molecule has 0 amide bonds. The first kappa shape index (κ1) is 15.4. The average molecular weight is 301 g/mol. The first-order valence-electron chi connectivity index (χ1n) is 6.65. The molecule has 0 bridgehead atoms. The molecule has 20 heavy (non-hydrogen) atoms. The molecule has 1 saturated heterocycles. The van der Waals surface area contributed by atoms with Crippen LogP contribution in [0.1, 0.15) is 12.0 Å². The van der Waals surface area contributed by atoms with Crippen LogP contribution in [0.4, 0.5) is 4.39 Å². The lowest BCUT2D eigenvalue weighted by atomic mass is 9.93. The summed E-state index contributed by atoms with van der Waals surface area (Å²) in [7, 11) is -0.228. The Balaban J connectivity index is 2.20. The van der Waals surface area contributed by atoms with E-state index in [1.165, 1.54) is 16.4 Å². The van der Waals surface area contributed by atoms with E-state index in [1.807, 2.05) is 6.07 Å². The van der Waals surface area contributed by atoms with Crippen molar-refractivity contribution in [1.29, 1.82) is 0 Å². The summed E-state index contributed by atoms with van der Waals surface area (Å²) in [6.07, 6.45) is 0.996. The van der Waals surface area contributed by atoms with Crippen molar-refractivity contribution in [3.05, 3.63) is 35.6 Å². The van der Waals surface area contributed by atoms with Gasteiger partial charge in [0, 0.05) is 26.6 Å². The molecular formula is C14H20FNO3S. The van der Waals surface area contributed by atoms with Crippen LogP contribution >= 0.6 is 0 Å². The molecule has 0 radical (unpaired) electrons. The van der Waals surface area contributed by atoms with E-state index in [9.17, 15) is 12.8 Å². The summed E-state index contributed by atoms with van der Waals surface area (Å²) in [5, 5.41) is -0.463. The summed E-state index contributed by atoms with van der Waals surface area (Å²) in [6.45, 7) is 0.853. The molecule has 1 heterocycles. The van der Waals surface area contributed by atoms with Gasteiger partial charge in [-0.1, -0.05) is 12.1 Å². The molecule has 112 valence electrons. The second kappa shape index (κ2) is 6.20. The molecule has 2 unspecified atom stereocenters. The molecule has 2 rings (SSSR count). The van der Waals surface area contributed by atoms with E-state index in [1.54, 1.807) is 20.2 Å². The number of nitrogens with zero attached hydrogens (tertiary/aromatic N) is 1. The number of hydrogen-bond donors (Lipinski definition) is 0. The van der Waals surface area contributed by atoms with E-state index < -0.39 is 15.3 Å². The highest BCUT2D eigenvalue weighted by Crippen LogP contribution is 2.27. The van der Waals surface area contributed by atoms with Crippen LogP contribution in [0.15, 0.2) is 24.3 Å². The summed E-state index contributed by atoms with van der Waals surface area (Å²) >= 11 is 0. The fourth-order valence-corrected chi connectivity index (χ4v) is 4.19. The molecule has 6 heteroatoms. The summed E-state index contributed by atoms with van der Waals surface area (Å²) in [5.41, 5.74) is 0.805. The van der Waals surface area contributed by atoms with Gasteiger partial charge in [-0.05, 0) is 30.5 Å². The molecule has 0 N–H and O–H groups in total. The van der Waals surface area contributed by atoms with E-state index in [4.69, 9.17) is 4.74 Å². The van der Waals surface area contributed by atoms with Crippen LogP contribution in [0, 0.1) is 11.7 Å². The number of ether oxygens (including phenoxy) is 1. The molecule has 0 aliphatic carbocycles. The maximum atomic E-state index is 13.2. The van der Waals surface area contributed by atoms with Crippen LogP contribution in [-0.2, 0) is 21.2 Å². The van der Waals surface area contributed by atoms with Gasteiger partial charge in [-0.25, -0.2) is 17.1 Å². The number of halogens is 1. The molecule has 2 atom stereocenters. The molecule has 1 aliphatic heterocycles. The Labute approximate surface area is 119 Å².